The Hall–Kier alpha value is -2.20. The van der Waals surface area contributed by atoms with Crippen molar-refractivity contribution in [3.8, 4) is 17.2 Å². The summed E-state index contributed by atoms with van der Waals surface area (Å²) < 4.78 is 15.8. The zero-order chi connectivity index (χ0) is 15.4. The van der Waals surface area contributed by atoms with Crippen LogP contribution in [0.25, 0.3) is 0 Å². The number of rotatable bonds is 5. The van der Waals surface area contributed by atoms with Gasteiger partial charge < -0.3 is 19.3 Å². The molecule has 0 amide bonds. The number of methoxy groups -OCH3 is 3. The van der Waals surface area contributed by atoms with E-state index in [1.165, 1.54) is 0 Å². The van der Waals surface area contributed by atoms with Crippen molar-refractivity contribution in [2.24, 2.45) is 0 Å². The van der Waals surface area contributed by atoms with E-state index >= 15 is 0 Å². The van der Waals surface area contributed by atoms with Gasteiger partial charge in [0.05, 0.1) is 21.3 Å². The molecule has 0 aliphatic heterocycles. The van der Waals surface area contributed by atoms with E-state index in [1.54, 1.807) is 39.5 Å². The number of aryl methyl sites for hydroxylation is 1. The Bertz CT molecular complexity index is 622. The number of ether oxygens (including phenoxy) is 3. The lowest BCUT2D eigenvalue weighted by Gasteiger charge is -2.17. The third-order valence-corrected chi connectivity index (χ3v) is 3.47. The first-order chi connectivity index (χ1) is 10.1. The van der Waals surface area contributed by atoms with E-state index in [0.717, 1.165) is 16.9 Å². The van der Waals surface area contributed by atoms with Crippen molar-refractivity contribution in [2.45, 2.75) is 13.0 Å². The van der Waals surface area contributed by atoms with Gasteiger partial charge in [-0.1, -0.05) is 6.07 Å². The second-order valence-corrected chi connectivity index (χ2v) is 4.74. The summed E-state index contributed by atoms with van der Waals surface area (Å²) in [6.07, 6.45) is -0.792. The van der Waals surface area contributed by atoms with Gasteiger partial charge >= 0.3 is 0 Å². The molecule has 0 saturated carbocycles. The standard InChI is InChI=1S/C17H20O4/c1-11-9-12(5-7-15(11)20-3)17(18)14-10-13(19-2)6-8-16(14)21-4/h5-10,17-18H,1-4H3. The van der Waals surface area contributed by atoms with Crippen molar-refractivity contribution < 1.29 is 19.3 Å². The molecule has 0 heterocycles. The number of aliphatic hydroxyl groups excluding tert-OH is 1. The highest BCUT2D eigenvalue weighted by Gasteiger charge is 2.17. The summed E-state index contributed by atoms with van der Waals surface area (Å²) >= 11 is 0. The average molecular weight is 288 g/mol. The van der Waals surface area contributed by atoms with Gasteiger partial charge in [0.2, 0.25) is 0 Å². The highest BCUT2D eigenvalue weighted by molar-refractivity contribution is 5.47. The summed E-state index contributed by atoms with van der Waals surface area (Å²) in [6.45, 7) is 1.94. The van der Waals surface area contributed by atoms with Crippen molar-refractivity contribution >= 4 is 0 Å². The summed E-state index contributed by atoms with van der Waals surface area (Å²) in [7, 11) is 4.80. The fourth-order valence-corrected chi connectivity index (χ4v) is 2.30. The van der Waals surface area contributed by atoms with Crippen molar-refractivity contribution in [1.29, 1.82) is 0 Å². The Morgan fingerprint density at radius 1 is 0.857 bits per heavy atom. The van der Waals surface area contributed by atoms with Crippen LogP contribution in [0.5, 0.6) is 17.2 Å². The average Bonchev–Trinajstić information content (AvgIpc) is 2.53. The molecule has 0 spiro atoms. The number of hydrogen-bond donors (Lipinski definition) is 1. The maximum Gasteiger partial charge on any atom is 0.125 e. The zero-order valence-electron chi connectivity index (χ0n) is 12.7. The molecule has 0 saturated heterocycles. The molecular formula is C17H20O4. The van der Waals surface area contributed by atoms with Gasteiger partial charge in [0.1, 0.15) is 23.4 Å². The highest BCUT2D eigenvalue weighted by Crippen LogP contribution is 2.34. The van der Waals surface area contributed by atoms with E-state index < -0.39 is 6.10 Å². The highest BCUT2D eigenvalue weighted by atomic mass is 16.5. The first kappa shape index (κ1) is 15.2. The van der Waals surface area contributed by atoms with Gasteiger partial charge in [-0.3, -0.25) is 0 Å². The molecule has 21 heavy (non-hydrogen) atoms. The molecule has 0 radical (unpaired) electrons. The number of hydrogen-bond acceptors (Lipinski definition) is 4. The smallest absolute Gasteiger partial charge is 0.125 e. The number of aliphatic hydroxyl groups is 1. The van der Waals surface area contributed by atoms with E-state index in [1.807, 2.05) is 25.1 Å². The SMILES string of the molecule is COc1ccc(OC)c(C(O)c2ccc(OC)c(C)c2)c1. The second-order valence-electron chi connectivity index (χ2n) is 4.74. The van der Waals surface area contributed by atoms with Crippen LogP contribution in [0.3, 0.4) is 0 Å². The minimum absolute atomic E-state index is 0.622. The molecule has 1 atom stereocenters. The predicted octanol–water partition coefficient (Wildman–Crippen LogP) is 3.10. The molecule has 2 rings (SSSR count). The Kier molecular flexibility index (Phi) is 4.70. The maximum absolute atomic E-state index is 10.6. The molecule has 0 aliphatic carbocycles. The first-order valence-corrected chi connectivity index (χ1v) is 6.65. The summed E-state index contributed by atoms with van der Waals surface area (Å²) in [5.41, 5.74) is 2.41. The Morgan fingerprint density at radius 2 is 1.52 bits per heavy atom. The van der Waals surface area contributed by atoms with Gasteiger partial charge in [0.15, 0.2) is 0 Å². The lowest BCUT2D eigenvalue weighted by atomic mass is 9.98. The van der Waals surface area contributed by atoms with Crippen molar-refractivity contribution in [1.82, 2.24) is 0 Å². The summed E-state index contributed by atoms with van der Waals surface area (Å²) in [5.74, 6) is 2.09. The molecule has 4 heteroatoms. The van der Waals surface area contributed by atoms with Gasteiger partial charge in [-0.25, -0.2) is 0 Å². The molecule has 2 aromatic carbocycles. The van der Waals surface area contributed by atoms with E-state index in [0.29, 0.717) is 17.1 Å². The third kappa shape index (κ3) is 3.11. The monoisotopic (exact) mass is 288 g/mol. The molecular weight excluding hydrogens is 268 g/mol. The van der Waals surface area contributed by atoms with Gasteiger partial charge in [-0.2, -0.15) is 0 Å². The van der Waals surface area contributed by atoms with Gasteiger partial charge in [-0.05, 0) is 48.4 Å². The normalized spacial score (nSPS) is 11.9. The fourth-order valence-electron chi connectivity index (χ4n) is 2.30. The quantitative estimate of drug-likeness (QED) is 0.918. The first-order valence-electron chi connectivity index (χ1n) is 6.65. The predicted molar refractivity (Wildman–Crippen MR) is 81.3 cm³/mol. The largest absolute Gasteiger partial charge is 0.497 e. The Labute approximate surface area is 124 Å². The van der Waals surface area contributed by atoms with Gasteiger partial charge in [0.25, 0.3) is 0 Å². The van der Waals surface area contributed by atoms with Crippen LogP contribution in [-0.2, 0) is 0 Å². The van der Waals surface area contributed by atoms with Crippen LogP contribution < -0.4 is 14.2 Å². The van der Waals surface area contributed by atoms with E-state index in [4.69, 9.17) is 14.2 Å². The molecule has 0 aromatic heterocycles. The third-order valence-electron chi connectivity index (χ3n) is 3.47. The fraction of sp³-hybridized carbons (Fsp3) is 0.294. The minimum atomic E-state index is -0.792. The second kappa shape index (κ2) is 6.50. The summed E-state index contributed by atoms with van der Waals surface area (Å²) in [5, 5.41) is 10.6. The Balaban J connectivity index is 2.43. The van der Waals surface area contributed by atoms with Crippen molar-refractivity contribution in [3.63, 3.8) is 0 Å². The Morgan fingerprint density at radius 3 is 2.10 bits per heavy atom. The van der Waals surface area contributed by atoms with Crippen LogP contribution >= 0.6 is 0 Å². The molecule has 0 aliphatic rings. The van der Waals surface area contributed by atoms with E-state index in [9.17, 15) is 5.11 Å². The van der Waals surface area contributed by atoms with Crippen LogP contribution in [-0.4, -0.2) is 26.4 Å². The summed E-state index contributed by atoms with van der Waals surface area (Å²) in [6, 6.07) is 11.0. The van der Waals surface area contributed by atoms with Gasteiger partial charge in [-0.15, -0.1) is 0 Å². The van der Waals surface area contributed by atoms with E-state index in [2.05, 4.69) is 0 Å². The molecule has 1 unspecified atom stereocenters. The number of benzene rings is 2. The van der Waals surface area contributed by atoms with Crippen LogP contribution in [0, 0.1) is 6.92 Å². The van der Waals surface area contributed by atoms with Crippen molar-refractivity contribution in [2.75, 3.05) is 21.3 Å². The molecule has 4 nitrogen and oxygen atoms in total. The molecule has 1 N–H and O–H groups in total. The van der Waals surface area contributed by atoms with Crippen LogP contribution in [0.4, 0.5) is 0 Å². The summed E-state index contributed by atoms with van der Waals surface area (Å²) in [4.78, 5) is 0. The van der Waals surface area contributed by atoms with Crippen LogP contribution in [0.15, 0.2) is 36.4 Å². The van der Waals surface area contributed by atoms with Gasteiger partial charge in [0, 0.05) is 5.56 Å². The zero-order valence-corrected chi connectivity index (χ0v) is 12.7. The van der Waals surface area contributed by atoms with Crippen molar-refractivity contribution in [3.05, 3.63) is 53.1 Å². The molecule has 112 valence electrons. The lowest BCUT2D eigenvalue weighted by Crippen LogP contribution is -2.04. The van der Waals surface area contributed by atoms with E-state index in [-0.39, 0.29) is 0 Å². The maximum atomic E-state index is 10.6. The molecule has 0 fully saturated rings. The topological polar surface area (TPSA) is 47.9 Å². The molecule has 0 bridgehead atoms. The van der Waals surface area contributed by atoms with Crippen LogP contribution in [0.1, 0.15) is 22.8 Å². The molecule has 2 aromatic rings. The lowest BCUT2D eigenvalue weighted by molar-refractivity contribution is 0.214. The van der Waals surface area contributed by atoms with Crippen LogP contribution in [0.2, 0.25) is 0 Å². The minimum Gasteiger partial charge on any atom is -0.497 e.